The summed E-state index contributed by atoms with van der Waals surface area (Å²) in [6.07, 6.45) is 71.2. The molecule has 0 fully saturated rings. The Bertz CT molecular complexity index is 1260. The molecule has 0 spiro atoms. The van der Waals surface area contributed by atoms with Crippen molar-refractivity contribution in [3.63, 3.8) is 0 Å². The Hall–Kier alpha value is -1.71. The van der Waals surface area contributed by atoms with Crippen LogP contribution in [0, 0.1) is 0 Å². The minimum absolute atomic E-state index is 0.0923. The zero-order valence-corrected chi connectivity index (χ0v) is 56.6. The predicted molar refractivity (Wildman–Crippen MR) is 358 cm³/mol. The lowest BCUT2D eigenvalue weighted by molar-refractivity contribution is -0.167. The molecule has 0 amide bonds. The zero-order chi connectivity index (χ0) is 61.1. The van der Waals surface area contributed by atoms with Gasteiger partial charge in [-0.15, -0.1) is 0 Å². The van der Waals surface area contributed by atoms with E-state index in [0.717, 1.165) is 116 Å². The van der Waals surface area contributed by atoms with Gasteiger partial charge in [0.15, 0.2) is 6.10 Å². The van der Waals surface area contributed by atoms with Crippen molar-refractivity contribution >= 4 is 17.9 Å². The Kier molecular flexibility index (Phi) is 67.4. The number of aliphatic hydroxyl groups is 3. The van der Waals surface area contributed by atoms with Crippen LogP contribution in [0.2, 0.25) is 0 Å². The van der Waals surface area contributed by atoms with Crippen LogP contribution in [0.3, 0.4) is 0 Å². The number of aliphatic hydroxyl groups excluding tert-OH is 3. The number of ether oxygens (including phenoxy) is 3. The van der Waals surface area contributed by atoms with Crippen molar-refractivity contribution in [3.8, 4) is 0 Å². The van der Waals surface area contributed by atoms with Crippen LogP contribution in [-0.4, -0.2) is 70.9 Å². The fraction of sp³-hybridized carbons (Fsp3) is 0.960. The lowest BCUT2D eigenvalue weighted by Gasteiger charge is -2.18. The molecule has 0 bridgehead atoms. The minimum Gasteiger partial charge on any atom is -0.462 e. The van der Waals surface area contributed by atoms with Crippen LogP contribution in [0.15, 0.2) is 0 Å². The van der Waals surface area contributed by atoms with E-state index in [2.05, 4.69) is 20.8 Å². The number of hydrogen-bond acceptors (Lipinski definition) is 9. The Morgan fingerprint density at radius 2 is 0.405 bits per heavy atom. The summed E-state index contributed by atoms with van der Waals surface area (Å²) in [5.41, 5.74) is 0. The topological polar surface area (TPSA) is 140 Å². The number of carbonyl (C=O) groups excluding carboxylic acids is 3. The van der Waals surface area contributed by atoms with Crippen LogP contribution in [0.4, 0.5) is 0 Å². The highest BCUT2D eigenvalue weighted by Crippen LogP contribution is 2.21. The molecule has 0 aromatic rings. The van der Waals surface area contributed by atoms with Crippen LogP contribution in [0.25, 0.3) is 0 Å². The Balaban J connectivity index is 4.35. The van der Waals surface area contributed by atoms with E-state index in [1.165, 1.54) is 270 Å². The van der Waals surface area contributed by atoms with Crippen LogP contribution in [-0.2, 0) is 28.6 Å². The van der Waals surface area contributed by atoms with E-state index < -0.39 is 6.10 Å². The van der Waals surface area contributed by atoms with Gasteiger partial charge in [0.2, 0.25) is 0 Å². The molecule has 0 aliphatic carbocycles. The molecule has 0 aromatic heterocycles. The van der Waals surface area contributed by atoms with E-state index in [0.29, 0.717) is 19.3 Å². The number of hydrogen-bond donors (Lipinski definition) is 3. The SMILES string of the molecule is CCCCCCCCC(O)CCCCCCCCCCCCCCC(=O)OCC(COC(=O)CCCCCCCCCCCCCCC(O)CCCCCCCC)OC(=O)CCCCCCCCCCCCCCC(O)CCCCCCCC. The molecule has 3 unspecified atom stereocenters. The van der Waals surface area contributed by atoms with Crippen LogP contribution in [0.5, 0.6) is 0 Å². The Morgan fingerprint density at radius 3 is 0.607 bits per heavy atom. The van der Waals surface area contributed by atoms with E-state index in [4.69, 9.17) is 14.2 Å². The van der Waals surface area contributed by atoms with Gasteiger partial charge in [-0.2, -0.15) is 0 Å². The second-order valence-corrected chi connectivity index (χ2v) is 26.5. The van der Waals surface area contributed by atoms with Crippen molar-refractivity contribution in [2.24, 2.45) is 0 Å². The van der Waals surface area contributed by atoms with E-state index in [9.17, 15) is 29.7 Å². The zero-order valence-electron chi connectivity index (χ0n) is 56.6. The monoisotopic (exact) mass is 1190 g/mol. The number of carbonyl (C=O) groups is 3. The second kappa shape index (κ2) is 68.8. The van der Waals surface area contributed by atoms with Crippen LogP contribution >= 0.6 is 0 Å². The fourth-order valence-electron chi connectivity index (χ4n) is 12.0. The summed E-state index contributed by atoms with van der Waals surface area (Å²) in [6.45, 7) is 6.57. The van der Waals surface area contributed by atoms with Gasteiger partial charge in [0.25, 0.3) is 0 Å². The number of esters is 3. The van der Waals surface area contributed by atoms with Crippen LogP contribution in [0.1, 0.15) is 425 Å². The number of rotatable bonds is 71. The molecule has 3 atom stereocenters. The van der Waals surface area contributed by atoms with Gasteiger partial charge < -0.3 is 29.5 Å². The summed E-state index contributed by atoms with van der Waals surface area (Å²) in [7, 11) is 0. The summed E-state index contributed by atoms with van der Waals surface area (Å²) in [4.78, 5) is 38.6. The molecule has 0 aromatic carbocycles. The maximum atomic E-state index is 13.0. The van der Waals surface area contributed by atoms with Gasteiger partial charge in [-0.25, -0.2) is 0 Å². The van der Waals surface area contributed by atoms with Crippen molar-refractivity contribution < 1.29 is 43.9 Å². The van der Waals surface area contributed by atoms with Gasteiger partial charge in [-0.3, -0.25) is 14.4 Å². The molecule has 0 radical (unpaired) electrons. The van der Waals surface area contributed by atoms with Crippen molar-refractivity contribution in [2.45, 2.75) is 450 Å². The molecule has 0 aliphatic heterocycles. The normalized spacial score (nSPS) is 13.1. The van der Waals surface area contributed by atoms with Crippen molar-refractivity contribution in [2.75, 3.05) is 13.2 Å². The molecule has 9 heteroatoms. The van der Waals surface area contributed by atoms with Crippen molar-refractivity contribution in [1.82, 2.24) is 0 Å². The van der Waals surface area contributed by atoms with Gasteiger partial charge >= 0.3 is 17.9 Å². The first kappa shape index (κ1) is 82.3. The Labute approximate surface area is 522 Å². The highest BCUT2D eigenvalue weighted by atomic mass is 16.6. The minimum atomic E-state index is -0.799. The molecular formula is C75H146O9. The summed E-state index contributed by atoms with van der Waals surface area (Å²) >= 11 is 0. The summed E-state index contributed by atoms with van der Waals surface area (Å²) in [6, 6.07) is 0. The molecular weight excluding hydrogens is 1040 g/mol. The average molecular weight is 1190 g/mol. The van der Waals surface area contributed by atoms with Gasteiger partial charge in [-0.05, 0) is 57.8 Å². The molecule has 3 N–H and O–H groups in total. The third-order valence-electron chi connectivity index (χ3n) is 17.8. The molecule has 500 valence electrons. The smallest absolute Gasteiger partial charge is 0.306 e. The molecule has 0 saturated heterocycles. The molecule has 0 aliphatic rings. The predicted octanol–water partition coefficient (Wildman–Crippen LogP) is 22.7. The van der Waals surface area contributed by atoms with Crippen LogP contribution < -0.4 is 0 Å². The fourth-order valence-corrected chi connectivity index (χ4v) is 12.0. The maximum Gasteiger partial charge on any atom is 0.306 e. The quantitative estimate of drug-likeness (QED) is 0.0308. The average Bonchev–Trinajstić information content (AvgIpc) is 3.50. The maximum absolute atomic E-state index is 13.0. The van der Waals surface area contributed by atoms with E-state index in [-0.39, 0.29) is 49.4 Å². The van der Waals surface area contributed by atoms with Gasteiger partial charge in [0, 0.05) is 19.3 Å². The summed E-state index contributed by atoms with van der Waals surface area (Å²) in [5, 5.41) is 30.9. The summed E-state index contributed by atoms with van der Waals surface area (Å²) in [5.74, 6) is -0.906. The van der Waals surface area contributed by atoms with E-state index in [1.54, 1.807) is 0 Å². The van der Waals surface area contributed by atoms with E-state index >= 15 is 0 Å². The molecule has 0 heterocycles. The number of unbranched alkanes of at least 4 members (excludes halogenated alkanes) is 48. The Morgan fingerprint density at radius 1 is 0.238 bits per heavy atom. The molecule has 84 heavy (non-hydrogen) atoms. The van der Waals surface area contributed by atoms with E-state index in [1.807, 2.05) is 0 Å². The largest absolute Gasteiger partial charge is 0.462 e. The van der Waals surface area contributed by atoms with Gasteiger partial charge in [0.1, 0.15) is 13.2 Å². The molecule has 0 rings (SSSR count). The highest BCUT2D eigenvalue weighted by Gasteiger charge is 2.20. The third kappa shape index (κ3) is 66.2. The summed E-state index contributed by atoms with van der Waals surface area (Å²) < 4.78 is 17.0. The lowest BCUT2D eigenvalue weighted by Crippen LogP contribution is -2.30. The third-order valence-corrected chi connectivity index (χ3v) is 17.8. The molecule has 9 nitrogen and oxygen atoms in total. The first-order chi connectivity index (χ1) is 41.2. The lowest BCUT2D eigenvalue weighted by atomic mass is 10.0. The van der Waals surface area contributed by atoms with Crippen molar-refractivity contribution in [1.29, 1.82) is 0 Å². The van der Waals surface area contributed by atoms with Gasteiger partial charge in [0.05, 0.1) is 18.3 Å². The first-order valence-electron chi connectivity index (χ1n) is 37.8. The molecule has 0 saturated carbocycles. The van der Waals surface area contributed by atoms with Crippen molar-refractivity contribution in [3.05, 3.63) is 0 Å². The second-order valence-electron chi connectivity index (χ2n) is 26.5. The van der Waals surface area contributed by atoms with Gasteiger partial charge in [-0.1, -0.05) is 348 Å². The highest BCUT2D eigenvalue weighted by molar-refractivity contribution is 5.71. The standard InChI is InChI=1S/C75H146O9/c1-4-7-10-13-40-49-58-69(76)61-52-43-34-28-22-16-19-25-31-37-46-55-64-73(79)82-67-72(84-75(81)66-57-48-39-33-27-21-18-24-30-36-45-54-63-71(78)60-51-42-15-12-9-6-3)68-83-74(80)65-56-47-38-32-26-20-17-23-29-35-44-53-62-70(77)59-50-41-14-11-8-5-2/h69-72,76-78H,4-68H2,1-3H3. The first-order valence-corrected chi connectivity index (χ1v) is 37.8.